The number of carbonyl (C=O) groups is 2. The Morgan fingerprint density at radius 2 is 1.55 bits per heavy atom. The lowest BCUT2D eigenvalue weighted by Gasteiger charge is -2.05. The van der Waals surface area contributed by atoms with Crippen molar-refractivity contribution in [3.8, 4) is 0 Å². The lowest BCUT2D eigenvalue weighted by molar-refractivity contribution is -0.139. The minimum Gasteiger partial charge on any atom is -0.462 e. The van der Waals surface area contributed by atoms with E-state index in [4.69, 9.17) is 15.6 Å². The van der Waals surface area contributed by atoms with Crippen LogP contribution in [-0.2, 0) is 19.1 Å². The smallest absolute Gasteiger partial charge is 0.333 e. The van der Waals surface area contributed by atoms with Crippen molar-refractivity contribution in [1.29, 1.82) is 0 Å². The SMILES string of the molecule is C=C(C)C(=O)OCCNCCCC.C=CC(=O)OCCCO.CCCCCCCCN. The van der Waals surface area contributed by atoms with Gasteiger partial charge in [0.15, 0.2) is 0 Å². The Bertz CT molecular complexity index is 422. The Kier molecular flexibility index (Phi) is 33.4. The van der Waals surface area contributed by atoms with Crippen LogP contribution in [0.15, 0.2) is 24.8 Å². The fourth-order valence-corrected chi connectivity index (χ4v) is 1.99. The van der Waals surface area contributed by atoms with E-state index in [2.05, 4.69) is 37.1 Å². The third kappa shape index (κ3) is 36.1. The van der Waals surface area contributed by atoms with Gasteiger partial charge in [-0.3, -0.25) is 0 Å². The van der Waals surface area contributed by atoms with Crippen molar-refractivity contribution in [3.05, 3.63) is 24.8 Å². The molecule has 4 N–H and O–H groups in total. The zero-order valence-electron chi connectivity index (χ0n) is 20.3. The van der Waals surface area contributed by atoms with E-state index >= 15 is 0 Å². The molecule has 7 nitrogen and oxygen atoms in total. The lowest BCUT2D eigenvalue weighted by Crippen LogP contribution is -2.22. The predicted molar refractivity (Wildman–Crippen MR) is 129 cm³/mol. The normalized spacial score (nSPS) is 9.45. The molecule has 0 saturated heterocycles. The summed E-state index contributed by atoms with van der Waals surface area (Å²) in [6.07, 6.45) is 12.0. The van der Waals surface area contributed by atoms with Crippen molar-refractivity contribution in [2.75, 3.05) is 39.5 Å². The zero-order chi connectivity index (χ0) is 24.2. The minimum atomic E-state index is -0.441. The van der Waals surface area contributed by atoms with E-state index < -0.39 is 5.97 Å². The van der Waals surface area contributed by atoms with Crippen LogP contribution in [0.5, 0.6) is 0 Å². The second kappa shape index (κ2) is 30.5. The highest BCUT2D eigenvalue weighted by Gasteiger charge is 2.00. The maximum absolute atomic E-state index is 10.9. The van der Waals surface area contributed by atoms with Gasteiger partial charge in [0, 0.05) is 31.2 Å². The molecule has 0 aliphatic carbocycles. The van der Waals surface area contributed by atoms with E-state index in [1.165, 1.54) is 44.9 Å². The van der Waals surface area contributed by atoms with Gasteiger partial charge in [-0.15, -0.1) is 0 Å². The molecule has 7 heteroatoms. The zero-order valence-corrected chi connectivity index (χ0v) is 20.3. The van der Waals surface area contributed by atoms with Gasteiger partial charge in [0.05, 0.1) is 6.61 Å². The molecule has 0 aliphatic rings. The van der Waals surface area contributed by atoms with Crippen LogP contribution in [0.4, 0.5) is 0 Å². The van der Waals surface area contributed by atoms with Crippen LogP contribution >= 0.6 is 0 Å². The van der Waals surface area contributed by atoms with Crippen molar-refractivity contribution in [2.45, 2.75) is 78.6 Å². The van der Waals surface area contributed by atoms with E-state index in [9.17, 15) is 9.59 Å². The van der Waals surface area contributed by atoms with Gasteiger partial charge in [0.2, 0.25) is 0 Å². The quantitative estimate of drug-likeness (QED) is 0.177. The van der Waals surface area contributed by atoms with E-state index in [0.29, 0.717) is 18.6 Å². The second-order valence-electron chi connectivity index (χ2n) is 7.03. The Balaban J connectivity index is -0.000000390. The summed E-state index contributed by atoms with van der Waals surface area (Å²) >= 11 is 0. The topological polar surface area (TPSA) is 111 Å². The maximum Gasteiger partial charge on any atom is 0.333 e. The largest absolute Gasteiger partial charge is 0.462 e. The number of rotatable bonds is 17. The molecule has 0 aromatic rings. The molecule has 0 atom stereocenters. The molecule has 0 aromatic heterocycles. The molecule has 0 unspecified atom stereocenters. The minimum absolute atomic E-state index is 0.0461. The van der Waals surface area contributed by atoms with Crippen LogP contribution in [0, 0.1) is 0 Å². The van der Waals surface area contributed by atoms with E-state index in [-0.39, 0.29) is 19.2 Å². The average Bonchev–Trinajstić information content (AvgIpc) is 2.76. The fourth-order valence-electron chi connectivity index (χ4n) is 1.99. The van der Waals surface area contributed by atoms with Crippen LogP contribution in [0.1, 0.15) is 78.6 Å². The average molecular weight is 445 g/mol. The molecule has 0 radical (unpaired) electrons. The highest BCUT2D eigenvalue weighted by Crippen LogP contribution is 2.03. The molecular weight excluding hydrogens is 396 g/mol. The summed E-state index contributed by atoms with van der Waals surface area (Å²) in [4.78, 5) is 21.1. The third-order valence-corrected chi connectivity index (χ3v) is 3.84. The first kappa shape index (κ1) is 33.9. The van der Waals surface area contributed by atoms with Crippen molar-refractivity contribution in [2.24, 2.45) is 5.73 Å². The van der Waals surface area contributed by atoms with Gasteiger partial charge in [-0.1, -0.05) is 65.5 Å². The number of nitrogens with two attached hydrogens (primary N) is 1. The van der Waals surface area contributed by atoms with Crippen molar-refractivity contribution < 1.29 is 24.2 Å². The summed E-state index contributed by atoms with van der Waals surface area (Å²) in [6, 6.07) is 0. The molecule has 0 fully saturated rings. The molecule has 184 valence electrons. The first-order valence-electron chi connectivity index (χ1n) is 11.5. The van der Waals surface area contributed by atoms with Crippen molar-refractivity contribution >= 4 is 11.9 Å². The Hall–Kier alpha value is -1.70. The first-order chi connectivity index (χ1) is 14.9. The van der Waals surface area contributed by atoms with Crippen molar-refractivity contribution in [1.82, 2.24) is 5.32 Å². The number of hydrogen-bond donors (Lipinski definition) is 3. The Labute approximate surface area is 190 Å². The highest BCUT2D eigenvalue weighted by atomic mass is 16.5. The van der Waals surface area contributed by atoms with Gasteiger partial charge in [-0.2, -0.15) is 0 Å². The molecule has 31 heavy (non-hydrogen) atoms. The van der Waals surface area contributed by atoms with Gasteiger partial charge in [-0.25, -0.2) is 9.59 Å². The molecule has 0 bridgehead atoms. The predicted octanol–water partition coefficient (Wildman–Crippen LogP) is 3.90. The maximum atomic E-state index is 10.9. The number of ether oxygens (including phenoxy) is 2. The number of carbonyl (C=O) groups excluding carboxylic acids is 2. The second-order valence-corrected chi connectivity index (χ2v) is 7.03. The van der Waals surface area contributed by atoms with Gasteiger partial charge < -0.3 is 25.6 Å². The van der Waals surface area contributed by atoms with Gasteiger partial charge in [-0.05, 0) is 32.9 Å². The standard InChI is InChI=1S/C10H19NO2.C8H19N.C6H10O3/c1-4-5-6-11-7-8-13-10(12)9(2)3;1-2-3-4-5-6-7-8-9;1-2-6(8)9-5-3-4-7/h11H,2,4-8H2,1,3H3;2-9H2,1H3;2,7H,1,3-5H2. The van der Waals surface area contributed by atoms with E-state index in [0.717, 1.165) is 32.1 Å². The molecule has 0 aromatic carbocycles. The van der Waals surface area contributed by atoms with Crippen LogP contribution in [-0.4, -0.2) is 56.5 Å². The van der Waals surface area contributed by atoms with Crippen LogP contribution in [0.2, 0.25) is 0 Å². The van der Waals surface area contributed by atoms with Crippen LogP contribution in [0.3, 0.4) is 0 Å². The monoisotopic (exact) mass is 444 g/mol. The molecule has 0 amide bonds. The molecule has 0 saturated carbocycles. The van der Waals surface area contributed by atoms with Gasteiger partial charge in [0.1, 0.15) is 6.61 Å². The first-order valence-corrected chi connectivity index (χ1v) is 11.5. The Morgan fingerprint density at radius 1 is 0.935 bits per heavy atom. The number of aliphatic hydroxyl groups excluding tert-OH is 1. The molecule has 0 rings (SSSR count). The van der Waals surface area contributed by atoms with Gasteiger partial charge in [0.25, 0.3) is 0 Å². The molecule has 0 aliphatic heterocycles. The lowest BCUT2D eigenvalue weighted by atomic mass is 10.1. The summed E-state index contributed by atoms with van der Waals surface area (Å²) < 4.78 is 9.40. The van der Waals surface area contributed by atoms with Gasteiger partial charge >= 0.3 is 11.9 Å². The van der Waals surface area contributed by atoms with E-state index in [1.807, 2.05) is 0 Å². The third-order valence-electron chi connectivity index (χ3n) is 3.84. The Morgan fingerprint density at radius 3 is 2.06 bits per heavy atom. The summed E-state index contributed by atoms with van der Waals surface area (Å²) in [5.74, 6) is -0.749. The van der Waals surface area contributed by atoms with E-state index in [1.54, 1.807) is 6.92 Å². The highest BCUT2D eigenvalue weighted by molar-refractivity contribution is 5.86. The number of aliphatic hydroxyl groups is 1. The van der Waals surface area contributed by atoms with Crippen LogP contribution in [0.25, 0.3) is 0 Å². The number of hydrogen-bond acceptors (Lipinski definition) is 7. The van der Waals surface area contributed by atoms with Crippen LogP contribution < -0.4 is 11.1 Å². The number of unbranched alkanes of at least 4 members (excludes halogenated alkanes) is 6. The summed E-state index contributed by atoms with van der Waals surface area (Å²) in [6.45, 7) is 16.0. The fraction of sp³-hybridized carbons (Fsp3) is 0.750. The summed E-state index contributed by atoms with van der Waals surface area (Å²) in [5.41, 5.74) is 5.80. The molecular formula is C24H48N2O5. The number of esters is 2. The molecule has 0 spiro atoms. The summed E-state index contributed by atoms with van der Waals surface area (Å²) in [5, 5.41) is 11.4. The summed E-state index contributed by atoms with van der Waals surface area (Å²) in [7, 11) is 0. The molecule has 0 heterocycles. The van der Waals surface area contributed by atoms with Crippen molar-refractivity contribution in [3.63, 3.8) is 0 Å². The number of nitrogens with one attached hydrogen (secondary N) is 1.